The number of amides is 1. The average molecular weight is 470 g/mol. The van der Waals surface area contributed by atoms with Gasteiger partial charge < -0.3 is 19.6 Å². The normalized spacial score (nSPS) is 13.2. The number of hydrogen-bond acceptors (Lipinski definition) is 7. The van der Waals surface area contributed by atoms with E-state index < -0.39 is 11.0 Å². The third kappa shape index (κ3) is 5.29. The first kappa shape index (κ1) is 22.3. The van der Waals surface area contributed by atoms with E-state index in [4.69, 9.17) is 14.3 Å². The van der Waals surface area contributed by atoms with Crippen molar-refractivity contribution < 1.29 is 19.1 Å². The van der Waals surface area contributed by atoms with E-state index in [2.05, 4.69) is 31.4 Å². The Morgan fingerprint density at radius 1 is 1.32 bits per heavy atom. The molecule has 0 aliphatic heterocycles. The minimum absolute atomic E-state index is 0.269. The molecular weight excluding hydrogens is 446 g/mol. The van der Waals surface area contributed by atoms with Gasteiger partial charge in [-0.2, -0.15) is 0 Å². The molecule has 2 aromatic rings. The molecule has 1 atom stereocenters. The van der Waals surface area contributed by atoms with E-state index in [1.165, 1.54) is 18.9 Å². The summed E-state index contributed by atoms with van der Waals surface area (Å²) in [7, 11) is 3.04. The van der Waals surface area contributed by atoms with Gasteiger partial charge in [0, 0.05) is 22.1 Å². The molecule has 1 aromatic carbocycles. The fraction of sp³-hybridized carbons (Fsp3) is 0.421. The number of rotatable bonds is 8. The van der Waals surface area contributed by atoms with Crippen LogP contribution in [0.2, 0.25) is 0 Å². The van der Waals surface area contributed by atoms with Gasteiger partial charge in [0.05, 0.1) is 18.4 Å². The molecule has 1 aromatic heterocycles. The molecule has 0 fully saturated rings. The van der Waals surface area contributed by atoms with Gasteiger partial charge in [-0.1, -0.05) is 5.16 Å². The minimum Gasteiger partial charge on any atom is -0.494 e. The van der Waals surface area contributed by atoms with E-state index in [0.717, 1.165) is 15.4 Å². The largest absolute Gasteiger partial charge is 0.494 e. The zero-order chi connectivity index (χ0) is 20.9. The van der Waals surface area contributed by atoms with Gasteiger partial charge in [0.1, 0.15) is 24.1 Å². The molecule has 28 heavy (non-hydrogen) atoms. The first-order chi connectivity index (χ1) is 13.2. The van der Waals surface area contributed by atoms with Gasteiger partial charge >= 0.3 is 0 Å². The second-order valence-electron chi connectivity index (χ2n) is 6.51. The number of benzene rings is 1. The van der Waals surface area contributed by atoms with Gasteiger partial charge in [-0.15, -0.1) is 11.8 Å². The van der Waals surface area contributed by atoms with Crippen molar-refractivity contribution in [2.75, 3.05) is 20.5 Å². The Morgan fingerprint density at radius 2 is 2.04 bits per heavy atom. The molecule has 1 amide bonds. The number of methoxy groups -OCH3 is 1. The van der Waals surface area contributed by atoms with Crippen molar-refractivity contribution in [1.82, 2.24) is 10.3 Å². The maximum absolute atomic E-state index is 12.8. The van der Waals surface area contributed by atoms with E-state index in [1.54, 1.807) is 26.3 Å². The van der Waals surface area contributed by atoms with Crippen LogP contribution in [0.5, 0.6) is 11.5 Å². The minimum atomic E-state index is -0.753. The van der Waals surface area contributed by atoms with Gasteiger partial charge in [-0.05, 0) is 55.1 Å². The summed E-state index contributed by atoms with van der Waals surface area (Å²) >= 11 is 4.71. The van der Waals surface area contributed by atoms with Crippen LogP contribution in [0.3, 0.4) is 0 Å². The van der Waals surface area contributed by atoms with Crippen molar-refractivity contribution in [2.45, 2.75) is 31.7 Å². The summed E-state index contributed by atoms with van der Waals surface area (Å²) in [5, 5.41) is 7.69. The average Bonchev–Trinajstić information content (AvgIpc) is 2.64. The number of fused-ring (bicyclic) bond motifs is 1. The predicted octanol–water partition coefficient (Wildman–Crippen LogP) is 3.99. The van der Waals surface area contributed by atoms with Crippen molar-refractivity contribution in [2.24, 2.45) is 5.16 Å². The number of nitrogens with zero attached hydrogens (tertiary/aromatic N) is 2. The monoisotopic (exact) mass is 469 g/mol. The first-order valence-electron chi connectivity index (χ1n) is 8.44. The van der Waals surface area contributed by atoms with Gasteiger partial charge in [-0.3, -0.25) is 9.78 Å². The highest BCUT2D eigenvalue weighted by atomic mass is 79.9. The van der Waals surface area contributed by atoms with E-state index in [9.17, 15) is 4.79 Å². The van der Waals surface area contributed by atoms with E-state index in [-0.39, 0.29) is 5.91 Å². The predicted molar refractivity (Wildman–Crippen MR) is 116 cm³/mol. The summed E-state index contributed by atoms with van der Waals surface area (Å²) in [4.78, 5) is 22.0. The van der Waals surface area contributed by atoms with Crippen molar-refractivity contribution in [3.05, 3.63) is 28.9 Å². The van der Waals surface area contributed by atoms with Crippen LogP contribution in [0.4, 0.5) is 0 Å². The van der Waals surface area contributed by atoms with Crippen LogP contribution in [0.1, 0.15) is 20.8 Å². The molecule has 0 aliphatic rings. The first-order valence-corrected chi connectivity index (χ1v) is 10.5. The van der Waals surface area contributed by atoms with Gasteiger partial charge in [0.2, 0.25) is 5.44 Å². The number of oxime groups is 1. The number of aromatic nitrogens is 1. The van der Waals surface area contributed by atoms with Crippen LogP contribution >= 0.6 is 27.7 Å². The second-order valence-corrected chi connectivity index (χ2v) is 8.33. The van der Waals surface area contributed by atoms with Crippen molar-refractivity contribution in [3.63, 3.8) is 0 Å². The molecule has 1 unspecified atom stereocenters. The van der Waals surface area contributed by atoms with Crippen molar-refractivity contribution in [3.8, 4) is 11.5 Å². The lowest BCUT2D eigenvalue weighted by molar-refractivity contribution is -0.125. The molecule has 0 bridgehead atoms. The summed E-state index contributed by atoms with van der Waals surface area (Å²) in [5.74, 6) is 0.817. The number of carbonyl (C=O) groups is 1. The van der Waals surface area contributed by atoms with Crippen LogP contribution in [0.25, 0.3) is 10.9 Å². The summed E-state index contributed by atoms with van der Waals surface area (Å²) in [6, 6.07) is 5.47. The van der Waals surface area contributed by atoms with Gasteiger partial charge in [0.25, 0.3) is 5.91 Å². The van der Waals surface area contributed by atoms with Crippen LogP contribution < -0.4 is 14.8 Å². The SMILES string of the molecule is CON=C(C)C(C)(C)NC(=O)C(Oc1cc(OC)c2ncc(Br)cc2c1)SC. The lowest BCUT2D eigenvalue weighted by Crippen LogP contribution is -2.52. The molecule has 1 heterocycles. The molecular formula is C19H24BrN3O4S. The van der Waals surface area contributed by atoms with Crippen LogP contribution in [-0.2, 0) is 9.63 Å². The number of hydrogen-bond donors (Lipinski definition) is 1. The second kappa shape index (κ2) is 9.47. The van der Waals surface area contributed by atoms with Gasteiger partial charge in [-0.25, -0.2) is 0 Å². The Kier molecular flexibility index (Phi) is 7.54. The fourth-order valence-corrected chi connectivity index (χ4v) is 3.26. The molecule has 0 spiro atoms. The van der Waals surface area contributed by atoms with E-state index in [1.807, 2.05) is 32.2 Å². The number of nitrogens with one attached hydrogen (secondary N) is 1. The quantitative estimate of drug-likeness (QED) is 0.357. The number of halogens is 1. The Bertz CT molecular complexity index is 889. The smallest absolute Gasteiger partial charge is 0.272 e. The standard InChI is InChI=1S/C19H24BrN3O4S/c1-11(23-26-5)19(2,3)22-17(24)18(28-6)27-14-8-12-7-13(20)10-21-16(12)15(9-14)25-4/h7-10,18H,1-6H3,(H,22,24). The molecule has 7 nitrogen and oxygen atoms in total. The van der Waals surface area contributed by atoms with Crippen LogP contribution in [0, 0.1) is 0 Å². The molecule has 9 heteroatoms. The van der Waals surface area contributed by atoms with Gasteiger partial charge in [0.15, 0.2) is 0 Å². The number of pyridine rings is 1. The highest BCUT2D eigenvalue weighted by Gasteiger charge is 2.29. The van der Waals surface area contributed by atoms with Crippen LogP contribution in [-0.4, -0.2) is 48.1 Å². The Balaban J connectivity index is 2.26. The Labute approximate surface area is 177 Å². The van der Waals surface area contributed by atoms with Crippen LogP contribution in [0.15, 0.2) is 34.0 Å². The molecule has 0 radical (unpaired) electrons. The molecule has 2 rings (SSSR count). The zero-order valence-corrected chi connectivity index (χ0v) is 19.1. The number of thioether (sulfide) groups is 1. The Morgan fingerprint density at radius 3 is 2.64 bits per heavy atom. The third-order valence-electron chi connectivity index (χ3n) is 4.15. The number of ether oxygens (including phenoxy) is 2. The van der Waals surface area contributed by atoms with E-state index in [0.29, 0.717) is 17.2 Å². The highest BCUT2D eigenvalue weighted by Crippen LogP contribution is 2.32. The third-order valence-corrected chi connectivity index (χ3v) is 5.32. The zero-order valence-electron chi connectivity index (χ0n) is 16.7. The summed E-state index contributed by atoms with van der Waals surface area (Å²) < 4.78 is 12.2. The summed E-state index contributed by atoms with van der Waals surface area (Å²) in [5.41, 5.74) is -0.0700. The van der Waals surface area contributed by atoms with Crippen molar-refractivity contribution >= 4 is 50.2 Å². The fourth-order valence-electron chi connectivity index (χ4n) is 2.43. The lowest BCUT2D eigenvalue weighted by Gasteiger charge is -2.28. The van der Waals surface area contributed by atoms with E-state index >= 15 is 0 Å². The lowest BCUT2D eigenvalue weighted by atomic mass is 10.00. The maximum Gasteiger partial charge on any atom is 0.272 e. The number of carbonyl (C=O) groups excluding carboxylic acids is 1. The molecule has 0 aliphatic carbocycles. The van der Waals surface area contributed by atoms with Crippen molar-refractivity contribution in [1.29, 1.82) is 0 Å². The molecule has 152 valence electrons. The molecule has 0 saturated heterocycles. The Hall–Kier alpha value is -2.00. The molecule has 0 saturated carbocycles. The topological polar surface area (TPSA) is 82.0 Å². The summed E-state index contributed by atoms with van der Waals surface area (Å²) in [6.45, 7) is 5.49. The highest BCUT2D eigenvalue weighted by molar-refractivity contribution is 9.10. The maximum atomic E-state index is 12.8. The summed E-state index contributed by atoms with van der Waals surface area (Å²) in [6.07, 6.45) is 3.51. The molecule has 1 N–H and O–H groups in total.